The number of hydrogen-bond donors (Lipinski definition) is 1. The standard InChI is InChI=1S/C5H8NO2/c1-3-8-5(7)4-6-2/h6H,3-4H2,1H3. The van der Waals surface area contributed by atoms with Gasteiger partial charge >= 0.3 is 5.97 Å². The van der Waals surface area contributed by atoms with Gasteiger partial charge in [0.2, 0.25) is 0 Å². The average molecular weight is 114 g/mol. The normalized spacial score (nSPS) is 8.75. The Hall–Kier alpha value is -0.570. The third-order valence-electron chi connectivity index (χ3n) is 0.538. The molecule has 3 radical (unpaired) electrons. The molecule has 0 rings (SSSR count). The van der Waals surface area contributed by atoms with Gasteiger partial charge in [-0.1, -0.05) is 0 Å². The van der Waals surface area contributed by atoms with Crippen LogP contribution in [0, 0.1) is 7.05 Å². The summed E-state index contributed by atoms with van der Waals surface area (Å²) >= 11 is 0. The molecule has 45 valence electrons. The van der Waals surface area contributed by atoms with Crippen LogP contribution < -0.4 is 5.32 Å². The van der Waals surface area contributed by atoms with Gasteiger partial charge in [0.05, 0.1) is 20.2 Å². The highest BCUT2D eigenvalue weighted by atomic mass is 16.5. The van der Waals surface area contributed by atoms with Crippen molar-refractivity contribution >= 4 is 5.97 Å². The Morgan fingerprint density at radius 2 is 2.50 bits per heavy atom. The second kappa shape index (κ2) is 4.59. The maximum absolute atomic E-state index is 10.2. The second-order valence-electron chi connectivity index (χ2n) is 1.16. The van der Waals surface area contributed by atoms with E-state index < -0.39 is 0 Å². The van der Waals surface area contributed by atoms with Crippen LogP contribution in [0.25, 0.3) is 0 Å². The first-order chi connectivity index (χ1) is 3.81. The highest BCUT2D eigenvalue weighted by molar-refractivity contribution is 5.71. The van der Waals surface area contributed by atoms with E-state index in [1.165, 1.54) is 0 Å². The van der Waals surface area contributed by atoms with Gasteiger partial charge in [-0.05, 0) is 6.92 Å². The molecule has 3 nitrogen and oxygen atoms in total. The van der Waals surface area contributed by atoms with E-state index in [1.54, 1.807) is 6.92 Å². The Labute approximate surface area is 49.0 Å². The SMILES string of the molecule is [C]NCC(=O)OCC. The molecule has 0 heterocycles. The molecule has 3 heteroatoms. The molecule has 1 N–H and O–H groups in total. The molecule has 0 aliphatic rings. The number of nitrogens with one attached hydrogen (secondary N) is 1. The van der Waals surface area contributed by atoms with Gasteiger partial charge in [0.1, 0.15) is 0 Å². The molecule has 0 aromatic rings. The third kappa shape index (κ3) is 3.61. The number of carbonyl (C=O) groups is 1. The molecule has 8 heavy (non-hydrogen) atoms. The molecule has 0 amide bonds. The van der Waals surface area contributed by atoms with Crippen molar-refractivity contribution in [2.24, 2.45) is 0 Å². The first-order valence-electron chi connectivity index (χ1n) is 2.36. The van der Waals surface area contributed by atoms with E-state index in [9.17, 15) is 4.79 Å². The Balaban J connectivity index is 3.06. The zero-order chi connectivity index (χ0) is 6.41. The van der Waals surface area contributed by atoms with Gasteiger partial charge in [-0.15, -0.1) is 0 Å². The molecular formula is C5H8NO2. The Bertz CT molecular complexity index is 64.8. The minimum atomic E-state index is -0.387. The summed E-state index contributed by atoms with van der Waals surface area (Å²) in [6.45, 7) is 2.07. The van der Waals surface area contributed by atoms with Crippen molar-refractivity contribution in [1.29, 1.82) is 0 Å². The van der Waals surface area contributed by atoms with Gasteiger partial charge in [0, 0.05) is 0 Å². The molecule has 0 saturated carbocycles. The van der Waals surface area contributed by atoms with Gasteiger partial charge in [0.15, 0.2) is 0 Å². The maximum Gasteiger partial charge on any atom is 0.319 e. The third-order valence-corrected chi connectivity index (χ3v) is 0.538. The van der Waals surface area contributed by atoms with E-state index in [0.717, 1.165) is 0 Å². The summed E-state index contributed by atoms with van der Waals surface area (Å²) in [6.07, 6.45) is 0. The number of ether oxygens (including phenoxy) is 1. The van der Waals surface area contributed by atoms with E-state index in [-0.39, 0.29) is 12.5 Å². The van der Waals surface area contributed by atoms with Crippen LogP contribution in [0.15, 0.2) is 0 Å². The van der Waals surface area contributed by atoms with Gasteiger partial charge in [0.25, 0.3) is 0 Å². The van der Waals surface area contributed by atoms with Crippen molar-refractivity contribution in [3.63, 3.8) is 0 Å². The largest absolute Gasteiger partial charge is 0.465 e. The quantitative estimate of drug-likeness (QED) is 0.511. The molecule has 0 aliphatic heterocycles. The van der Waals surface area contributed by atoms with Crippen molar-refractivity contribution in [2.45, 2.75) is 6.92 Å². The summed E-state index contributed by atoms with van der Waals surface area (Å²) in [4.78, 5) is 10.2. The van der Waals surface area contributed by atoms with Crippen LogP contribution in [0.5, 0.6) is 0 Å². The second-order valence-corrected chi connectivity index (χ2v) is 1.16. The minimum Gasteiger partial charge on any atom is -0.465 e. The fraction of sp³-hybridized carbons (Fsp3) is 0.600. The smallest absolute Gasteiger partial charge is 0.319 e. The molecule has 0 saturated heterocycles. The van der Waals surface area contributed by atoms with Crippen molar-refractivity contribution in [3.05, 3.63) is 7.05 Å². The van der Waals surface area contributed by atoms with Gasteiger partial charge in [-0.3, -0.25) is 10.1 Å². The molecule has 0 fully saturated rings. The first kappa shape index (κ1) is 7.43. The van der Waals surface area contributed by atoms with Crippen LogP contribution in [-0.2, 0) is 9.53 Å². The van der Waals surface area contributed by atoms with E-state index in [4.69, 9.17) is 7.05 Å². The zero-order valence-electron chi connectivity index (χ0n) is 4.73. The van der Waals surface area contributed by atoms with Crippen LogP contribution in [-0.4, -0.2) is 19.1 Å². The van der Waals surface area contributed by atoms with Gasteiger partial charge in [-0.2, -0.15) is 0 Å². The summed E-state index contributed by atoms with van der Waals surface area (Å²) in [5.74, 6) is -0.387. The van der Waals surface area contributed by atoms with E-state index in [2.05, 4.69) is 4.74 Å². The minimum absolute atomic E-state index is 0.0339. The van der Waals surface area contributed by atoms with Crippen LogP contribution in [0.4, 0.5) is 0 Å². The molecular weight excluding hydrogens is 106 g/mol. The highest BCUT2D eigenvalue weighted by Gasteiger charge is 1.95. The van der Waals surface area contributed by atoms with Crippen LogP contribution in [0.3, 0.4) is 0 Å². The molecule has 0 bridgehead atoms. The molecule has 0 unspecified atom stereocenters. The highest BCUT2D eigenvalue weighted by Crippen LogP contribution is 1.72. The van der Waals surface area contributed by atoms with Crippen molar-refractivity contribution in [2.75, 3.05) is 13.2 Å². The number of carbonyl (C=O) groups excluding carboxylic acids is 1. The lowest BCUT2D eigenvalue weighted by molar-refractivity contribution is -0.141. The lowest BCUT2D eigenvalue weighted by Crippen LogP contribution is -2.19. The Morgan fingerprint density at radius 3 is 2.88 bits per heavy atom. The average Bonchev–Trinajstić information content (AvgIpc) is 1.68. The van der Waals surface area contributed by atoms with E-state index in [1.807, 2.05) is 5.32 Å². The molecule has 0 spiro atoms. The van der Waals surface area contributed by atoms with E-state index >= 15 is 0 Å². The Kier molecular flexibility index (Phi) is 4.26. The topological polar surface area (TPSA) is 38.3 Å². The number of esters is 1. The van der Waals surface area contributed by atoms with Crippen molar-refractivity contribution < 1.29 is 9.53 Å². The van der Waals surface area contributed by atoms with Crippen molar-refractivity contribution in [1.82, 2.24) is 5.32 Å². The lowest BCUT2D eigenvalue weighted by atomic mass is 10.6. The Morgan fingerprint density at radius 1 is 1.88 bits per heavy atom. The van der Waals surface area contributed by atoms with E-state index in [0.29, 0.717) is 6.61 Å². The lowest BCUT2D eigenvalue weighted by Gasteiger charge is -1.97. The first-order valence-corrected chi connectivity index (χ1v) is 2.36. The molecule has 0 aromatic heterocycles. The fourth-order valence-corrected chi connectivity index (χ4v) is 0.284. The van der Waals surface area contributed by atoms with Crippen LogP contribution in [0.2, 0.25) is 0 Å². The monoisotopic (exact) mass is 114 g/mol. The molecule has 0 atom stereocenters. The maximum atomic E-state index is 10.2. The van der Waals surface area contributed by atoms with Crippen LogP contribution in [0.1, 0.15) is 6.92 Å². The summed E-state index contributed by atoms with van der Waals surface area (Å²) in [5, 5.41) is 1.93. The summed E-state index contributed by atoms with van der Waals surface area (Å²) in [7, 11) is 6.36. The predicted molar refractivity (Wildman–Crippen MR) is 27.9 cm³/mol. The summed E-state index contributed by atoms with van der Waals surface area (Å²) in [5.41, 5.74) is 0. The molecule has 0 aromatic carbocycles. The predicted octanol–water partition coefficient (Wildman–Crippen LogP) is -0.315. The summed E-state index contributed by atoms with van der Waals surface area (Å²) in [6, 6.07) is 0. The van der Waals surface area contributed by atoms with Crippen molar-refractivity contribution in [3.8, 4) is 0 Å². The zero-order valence-corrected chi connectivity index (χ0v) is 4.73. The van der Waals surface area contributed by atoms with Gasteiger partial charge < -0.3 is 4.74 Å². The number of rotatable bonds is 3. The van der Waals surface area contributed by atoms with Crippen LogP contribution >= 0.6 is 0 Å². The fourth-order valence-electron chi connectivity index (χ4n) is 0.284. The summed E-state index contributed by atoms with van der Waals surface area (Å²) < 4.78 is 4.46. The number of hydrogen-bond acceptors (Lipinski definition) is 3. The molecule has 0 aliphatic carbocycles. The van der Waals surface area contributed by atoms with Gasteiger partial charge in [-0.25, -0.2) is 0 Å².